The van der Waals surface area contributed by atoms with E-state index in [0.29, 0.717) is 28.4 Å². The van der Waals surface area contributed by atoms with Crippen LogP contribution < -0.4 is 5.32 Å². The van der Waals surface area contributed by atoms with E-state index < -0.39 is 5.41 Å². The van der Waals surface area contributed by atoms with Crippen molar-refractivity contribution in [3.05, 3.63) is 71.1 Å². The molecule has 1 amide bonds. The summed E-state index contributed by atoms with van der Waals surface area (Å²) in [5.74, 6) is 0.395. The number of amides is 1. The van der Waals surface area contributed by atoms with Gasteiger partial charge in [0.25, 0.3) is 0 Å². The van der Waals surface area contributed by atoms with Crippen LogP contribution in [0.5, 0.6) is 0 Å². The summed E-state index contributed by atoms with van der Waals surface area (Å²) in [5, 5.41) is 2.96. The lowest BCUT2D eigenvalue weighted by atomic mass is 9.76. The number of rotatable bonds is 2. The Labute approximate surface area is 161 Å². The second-order valence-electron chi connectivity index (χ2n) is 7.57. The van der Waals surface area contributed by atoms with Crippen LogP contribution in [0.2, 0.25) is 0 Å². The first-order valence-electron chi connectivity index (χ1n) is 9.15. The summed E-state index contributed by atoms with van der Waals surface area (Å²) in [5.41, 5.74) is 3.95. The van der Waals surface area contributed by atoms with Gasteiger partial charge in [0.2, 0.25) is 11.7 Å². The smallest absolute Gasteiger partial charge is 0.234 e. The van der Waals surface area contributed by atoms with Crippen molar-refractivity contribution >= 4 is 34.1 Å². The molecular formula is C22H18N4O2. The highest BCUT2D eigenvalue weighted by Gasteiger charge is 2.48. The predicted octanol–water partition coefficient (Wildman–Crippen LogP) is 3.27. The number of aromatic amines is 1. The van der Waals surface area contributed by atoms with Gasteiger partial charge in [0, 0.05) is 16.7 Å². The number of benzene rings is 2. The van der Waals surface area contributed by atoms with Crippen LogP contribution in [0.25, 0.3) is 16.7 Å². The fourth-order valence-corrected chi connectivity index (χ4v) is 3.90. The molecule has 5 rings (SSSR count). The molecule has 0 bridgehead atoms. The first kappa shape index (κ1) is 16.6. The molecule has 0 saturated carbocycles. The molecule has 1 aromatic heterocycles. The van der Waals surface area contributed by atoms with Crippen LogP contribution in [0.4, 0.5) is 0 Å². The molecule has 0 unspecified atom stereocenters. The van der Waals surface area contributed by atoms with Gasteiger partial charge in [-0.1, -0.05) is 36.4 Å². The van der Waals surface area contributed by atoms with Crippen LogP contribution >= 0.6 is 0 Å². The lowest BCUT2D eigenvalue weighted by Crippen LogP contribution is -2.32. The Bertz CT molecular complexity index is 1200. The van der Waals surface area contributed by atoms with Crippen LogP contribution in [0.3, 0.4) is 0 Å². The number of imidazole rings is 1. The Morgan fingerprint density at radius 1 is 1.00 bits per heavy atom. The maximum Gasteiger partial charge on any atom is 0.234 e. The fourth-order valence-electron chi connectivity index (χ4n) is 3.90. The SMILES string of the molecule is CC1(C)C(=O)NC2=C1C(=NCc1nc3ccccc3[nH]1)C(=O)c1ccccc12. The van der Waals surface area contributed by atoms with Gasteiger partial charge in [-0.25, -0.2) is 4.98 Å². The summed E-state index contributed by atoms with van der Waals surface area (Å²) in [6.45, 7) is 3.88. The van der Waals surface area contributed by atoms with Gasteiger partial charge in [-0.15, -0.1) is 0 Å². The largest absolute Gasteiger partial charge is 0.340 e. The average Bonchev–Trinajstić information content (AvgIpc) is 3.21. The van der Waals surface area contributed by atoms with Crippen molar-refractivity contribution in [1.29, 1.82) is 0 Å². The Kier molecular flexibility index (Phi) is 3.40. The molecule has 1 aliphatic carbocycles. The quantitative estimate of drug-likeness (QED) is 0.726. The van der Waals surface area contributed by atoms with Gasteiger partial charge >= 0.3 is 0 Å². The van der Waals surface area contributed by atoms with Crippen molar-refractivity contribution in [3.8, 4) is 0 Å². The molecular weight excluding hydrogens is 352 g/mol. The number of hydrogen-bond donors (Lipinski definition) is 2. The van der Waals surface area contributed by atoms with E-state index in [1.165, 1.54) is 0 Å². The molecule has 2 heterocycles. The third-order valence-electron chi connectivity index (χ3n) is 5.40. The number of carbonyl (C=O) groups excluding carboxylic acids is 2. The second-order valence-corrected chi connectivity index (χ2v) is 7.57. The highest BCUT2D eigenvalue weighted by atomic mass is 16.2. The number of carbonyl (C=O) groups is 2. The molecule has 6 heteroatoms. The Morgan fingerprint density at radius 2 is 1.71 bits per heavy atom. The fraction of sp³-hybridized carbons (Fsp3) is 0.182. The van der Waals surface area contributed by atoms with E-state index in [-0.39, 0.29) is 18.2 Å². The van der Waals surface area contributed by atoms with Crippen LogP contribution in [-0.4, -0.2) is 27.4 Å². The molecule has 1 aliphatic heterocycles. The van der Waals surface area contributed by atoms with E-state index in [4.69, 9.17) is 0 Å². The zero-order valence-electron chi connectivity index (χ0n) is 15.5. The van der Waals surface area contributed by atoms with Crippen LogP contribution in [0.15, 0.2) is 59.1 Å². The molecule has 28 heavy (non-hydrogen) atoms. The van der Waals surface area contributed by atoms with Crippen LogP contribution in [0.1, 0.15) is 35.6 Å². The van der Waals surface area contributed by atoms with Gasteiger partial charge in [0.15, 0.2) is 0 Å². The maximum absolute atomic E-state index is 13.2. The summed E-state index contributed by atoms with van der Waals surface area (Å²) in [6.07, 6.45) is 0. The minimum absolute atomic E-state index is 0.126. The monoisotopic (exact) mass is 370 g/mol. The summed E-state index contributed by atoms with van der Waals surface area (Å²) < 4.78 is 0. The maximum atomic E-state index is 13.2. The highest BCUT2D eigenvalue weighted by molar-refractivity contribution is 6.56. The van der Waals surface area contributed by atoms with Crippen molar-refractivity contribution < 1.29 is 9.59 Å². The minimum atomic E-state index is -0.828. The van der Waals surface area contributed by atoms with E-state index in [1.807, 2.05) is 56.3 Å². The number of ketones is 1. The summed E-state index contributed by atoms with van der Waals surface area (Å²) >= 11 is 0. The number of fused-ring (bicyclic) bond motifs is 3. The molecule has 2 aliphatic rings. The van der Waals surface area contributed by atoms with Crippen LogP contribution in [-0.2, 0) is 11.3 Å². The standard InChI is InChI=1S/C22H18N4O2/c1-22(2)17-18(26-21(22)28)12-7-3-4-8-13(12)20(27)19(17)23-11-16-24-14-9-5-6-10-15(14)25-16/h3-10H,11H2,1-2H3,(H,24,25)(H,26,28). The number of nitrogens with one attached hydrogen (secondary N) is 2. The molecule has 2 N–H and O–H groups in total. The van der Waals surface area contributed by atoms with Crippen LogP contribution in [0, 0.1) is 5.41 Å². The van der Waals surface area contributed by atoms with Gasteiger partial charge in [-0.2, -0.15) is 0 Å². The van der Waals surface area contributed by atoms with E-state index in [1.54, 1.807) is 6.07 Å². The van der Waals surface area contributed by atoms with Crippen molar-refractivity contribution in [3.63, 3.8) is 0 Å². The first-order chi connectivity index (χ1) is 13.5. The number of aliphatic imine (C=N–C) groups is 1. The van der Waals surface area contributed by atoms with Gasteiger partial charge in [0.1, 0.15) is 11.5 Å². The van der Waals surface area contributed by atoms with E-state index in [0.717, 1.165) is 16.6 Å². The Morgan fingerprint density at radius 3 is 2.50 bits per heavy atom. The molecule has 0 fully saturated rings. The zero-order valence-corrected chi connectivity index (χ0v) is 15.5. The van der Waals surface area contributed by atoms with Crippen molar-refractivity contribution in [2.24, 2.45) is 10.4 Å². The lowest BCUT2D eigenvalue weighted by Gasteiger charge is -2.24. The lowest BCUT2D eigenvalue weighted by molar-refractivity contribution is -0.125. The topological polar surface area (TPSA) is 87.2 Å². The van der Waals surface area contributed by atoms with E-state index in [9.17, 15) is 9.59 Å². The van der Waals surface area contributed by atoms with Crippen molar-refractivity contribution in [2.75, 3.05) is 0 Å². The number of para-hydroxylation sites is 2. The number of hydrogen-bond acceptors (Lipinski definition) is 4. The third-order valence-corrected chi connectivity index (χ3v) is 5.40. The molecule has 0 saturated heterocycles. The molecule has 3 aromatic rings. The number of nitrogens with zero attached hydrogens (tertiary/aromatic N) is 2. The van der Waals surface area contributed by atoms with Crippen molar-refractivity contribution in [1.82, 2.24) is 15.3 Å². The summed E-state index contributed by atoms with van der Waals surface area (Å²) in [7, 11) is 0. The molecule has 0 spiro atoms. The number of Topliss-reactive ketones (excluding diaryl/α,β-unsaturated/α-hetero) is 1. The molecule has 138 valence electrons. The molecule has 0 radical (unpaired) electrons. The average molecular weight is 370 g/mol. The minimum Gasteiger partial charge on any atom is -0.340 e. The Hall–Kier alpha value is -3.54. The van der Waals surface area contributed by atoms with E-state index in [2.05, 4.69) is 20.3 Å². The third kappa shape index (κ3) is 2.27. The van der Waals surface area contributed by atoms with Gasteiger partial charge in [-0.3, -0.25) is 14.6 Å². The summed E-state index contributed by atoms with van der Waals surface area (Å²) in [6, 6.07) is 15.1. The predicted molar refractivity (Wildman–Crippen MR) is 107 cm³/mol. The van der Waals surface area contributed by atoms with Gasteiger partial charge in [-0.05, 0) is 26.0 Å². The molecule has 2 aromatic carbocycles. The molecule has 6 nitrogen and oxygen atoms in total. The van der Waals surface area contributed by atoms with Gasteiger partial charge in [0.05, 0.1) is 28.7 Å². The number of H-pyrrole nitrogens is 1. The Balaban J connectivity index is 1.63. The number of aromatic nitrogens is 2. The summed E-state index contributed by atoms with van der Waals surface area (Å²) in [4.78, 5) is 38.2. The normalized spacial score (nSPS) is 19.1. The van der Waals surface area contributed by atoms with E-state index >= 15 is 0 Å². The molecule has 0 atom stereocenters. The highest BCUT2D eigenvalue weighted by Crippen LogP contribution is 2.43. The first-order valence-corrected chi connectivity index (χ1v) is 9.15. The van der Waals surface area contributed by atoms with Gasteiger partial charge < -0.3 is 10.3 Å². The van der Waals surface area contributed by atoms with Crippen molar-refractivity contribution in [2.45, 2.75) is 20.4 Å². The second kappa shape index (κ2) is 5.73. The zero-order chi connectivity index (χ0) is 19.5.